The largest absolute Gasteiger partial charge is 0.330 e. The molecule has 0 aliphatic rings. The lowest BCUT2D eigenvalue weighted by Crippen LogP contribution is -1.98. The van der Waals surface area contributed by atoms with Crippen LogP contribution < -0.4 is 0 Å². The number of aryl methyl sites for hydroxylation is 1. The first kappa shape index (κ1) is 11.6. The number of nitrogens with zero attached hydrogens (tertiary/aromatic N) is 2. The van der Waals surface area contributed by atoms with Crippen LogP contribution in [-0.4, -0.2) is 9.55 Å². The average molecular weight is 226 g/mol. The van der Waals surface area contributed by atoms with Crippen LogP contribution in [0.5, 0.6) is 0 Å². The van der Waals surface area contributed by atoms with Gasteiger partial charge in [0.05, 0.1) is 5.69 Å². The van der Waals surface area contributed by atoms with Gasteiger partial charge in [0, 0.05) is 18.3 Å². The minimum Gasteiger partial charge on any atom is -0.330 e. The second kappa shape index (κ2) is 5.48. The summed E-state index contributed by atoms with van der Waals surface area (Å²) in [5.74, 6) is 1.04. The Labute approximate surface area is 103 Å². The molecule has 1 aromatic heterocycles. The normalized spacial score (nSPS) is 10.4. The Kier molecular flexibility index (Phi) is 3.76. The first-order chi connectivity index (χ1) is 8.35. The van der Waals surface area contributed by atoms with Crippen molar-refractivity contribution in [1.82, 2.24) is 9.55 Å². The number of aromatic nitrogens is 2. The summed E-state index contributed by atoms with van der Waals surface area (Å²) in [6.07, 6.45) is 6.24. The van der Waals surface area contributed by atoms with Crippen molar-refractivity contribution in [3.8, 4) is 11.4 Å². The summed E-state index contributed by atoms with van der Waals surface area (Å²) in [5.41, 5.74) is 2.11. The predicted octanol–water partition coefficient (Wildman–Crippen LogP) is 3.99. The van der Waals surface area contributed by atoms with Crippen molar-refractivity contribution in [2.24, 2.45) is 0 Å². The van der Waals surface area contributed by atoms with Crippen LogP contribution in [0.2, 0.25) is 0 Å². The van der Waals surface area contributed by atoms with Crippen LogP contribution in [0, 0.1) is 0 Å². The molecule has 0 atom stereocenters. The molecule has 0 aliphatic heterocycles. The number of benzene rings is 1. The summed E-state index contributed by atoms with van der Waals surface area (Å²) in [6.45, 7) is 7.00. The average Bonchev–Trinajstić information content (AvgIpc) is 2.80. The predicted molar refractivity (Wildman–Crippen MR) is 72.7 cm³/mol. The van der Waals surface area contributed by atoms with E-state index in [9.17, 15) is 0 Å². The molecule has 2 aromatic rings. The zero-order valence-electron chi connectivity index (χ0n) is 10.3. The summed E-state index contributed by atoms with van der Waals surface area (Å²) in [4.78, 5) is 4.60. The quantitative estimate of drug-likeness (QED) is 0.753. The molecule has 1 heterocycles. The van der Waals surface area contributed by atoms with Gasteiger partial charge in [0.2, 0.25) is 0 Å². The van der Waals surface area contributed by atoms with Crippen molar-refractivity contribution in [2.75, 3.05) is 0 Å². The Bertz CT molecular complexity index is 483. The van der Waals surface area contributed by atoms with E-state index in [-0.39, 0.29) is 0 Å². The van der Waals surface area contributed by atoms with Crippen LogP contribution in [0.4, 0.5) is 0 Å². The minimum atomic E-state index is 0.944. The smallest absolute Gasteiger partial charge is 0.140 e. The number of hydrogen-bond acceptors (Lipinski definition) is 1. The molecule has 0 bridgehead atoms. The van der Waals surface area contributed by atoms with Crippen LogP contribution in [-0.2, 0) is 6.54 Å². The van der Waals surface area contributed by atoms with E-state index in [0.29, 0.717) is 0 Å². The second-order valence-electron chi connectivity index (χ2n) is 4.11. The van der Waals surface area contributed by atoms with E-state index in [1.54, 1.807) is 6.08 Å². The summed E-state index contributed by atoms with van der Waals surface area (Å²) in [5, 5.41) is 0. The second-order valence-corrected chi connectivity index (χ2v) is 4.11. The standard InChI is InChI=1S/C15H18N2/c1-3-5-11-17-12-14(4-2)16-15(17)13-9-7-6-8-10-13/h4,6-10,12H,2-3,5,11H2,1H3. The van der Waals surface area contributed by atoms with Crippen LogP contribution in [0.1, 0.15) is 25.5 Å². The van der Waals surface area contributed by atoms with Gasteiger partial charge in [-0.05, 0) is 12.5 Å². The lowest BCUT2D eigenvalue weighted by atomic mass is 10.2. The van der Waals surface area contributed by atoms with Crippen molar-refractivity contribution in [1.29, 1.82) is 0 Å². The number of rotatable bonds is 5. The highest BCUT2D eigenvalue weighted by Crippen LogP contribution is 2.19. The van der Waals surface area contributed by atoms with Crippen molar-refractivity contribution < 1.29 is 0 Å². The highest BCUT2D eigenvalue weighted by molar-refractivity contribution is 5.58. The summed E-state index contributed by atoms with van der Waals surface area (Å²) in [7, 11) is 0. The first-order valence-electron chi connectivity index (χ1n) is 6.10. The molecule has 0 fully saturated rings. The van der Waals surface area contributed by atoms with Gasteiger partial charge in [0.15, 0.2) is 0 Å². The first-order valence-corrected chi connectivity index (χ1v) is 6.10. The van der Waals surface area contributed by atoms with E-state index in [0.717, 1.165) is 23.6 Å². The highest BCUT2D eigenvalue weighted by atomic mass is 15.1. The fourth-order valence-electron chi connectivity index (χ4n) is 1.85. The van der Waals surface area contributed by atoms with Gasteiger partial charge in [-0.2, -0.15) is 0 Å². The van der Waals surface area contributed by atoms with Crippen LogP contribution in [0.3, 0.4) is 0 Å². The SMILES string of the molecule is C=Cc1cn(CCCC)c(-c2ccccc2)n1. The van der Waals surface area contributed by atoms with Gasteiger partial charge in [-0.1, -0.05) is 50.3 Å². The van der Waals surface area contributed by atoms with Gasteiger partial charge in [0.25, 0.3) is 0 Å². The molecule has 0 saturated heterocycles. The van der Waals surface area contributed by atoms with E-state index in [2.05, 4.69) is 41.4 Å². The summed E-state index contributed by atoms with van der Waals surface area (Å²) >= 11 is 0. The zero-order valence-corrected chi connectivity index (χ0v) is 10.3. The Hall–Kier alpha value is -1.83. The molecule has 1 aromatic carbocycles. The molecule has 0 spiro atoms. The third kappa shape index (κ3) is 2.64. The third-order valence-electron chi connectivity index (χ3n) is 2.79. The maximum Gasteiger partial charge on any atom is 0.140 e. The zero-order chi connectivity index (χ0) is 12.1. The summed E-state index contributed by atoms with van der Waals surface area (Å²) < 4.78 is 2.22. The molecule has 2 nitrogen and oxygen atoms in total. The molecule has 0 aliphatic carbocycles. The molecule has 88 valence electrons. The summed E-state index contributed by atoms with van der Waals surface area (Å²) in [6, 6.07) is 10.3. The molecular formula is C15H18N2. The Morgan fingerprint density at radius 1 is 1.29 bits per heavy atom. The van der Waals surface area contributed by atoms with Crippen molar-refractivity contribution in [2.45, 2.75) is 26.3 Å². The number of unbranched alkanes of at least 4 members (excludes halogenated alkanes) is 1. The van der Waals surface area contributed by atoms with Gasteiger partial charge >= 0.3 is 0 Å². The van der Waals surface area contributed by atoms with Gasteiger partial charge in [-0.25, -0.2) is 4.98 Å². The van der Waals surface area contributed by atoms with Gasteiger partial charge in [-0.15, -0.1) is 0 Å². The molecule has 0 unspecified atom stereocenters. The Morgan fingerprint density at radius 2 is 2.06 bits per heavy atom. The van der Waals surface area contributed by atoms with Crippen LogP contribution in [0.25, 0.3) is 17.5 Å². The van der Waals surface area contributed by atoms with E-state index in [1.807, 2.05) is 18.2 Å². The molecule has 0 N–H and O–H groups in total. The highest BCUT2D eigenvalue weighted by Gasteiger charge is 2.07. The van der Waals surface area contributed by atoms with Crippen LogP contribution >= 0.6 is 0 Å². The van der Waals surface area contributed by atoms with Crippen molar-refractivity contribution in [3.63, 3.8) is 0 Å². The molecule has 0 radical (unpaired) electrons. The molecule has 0 saturated carbocycles. The topological polar surface area (TPSA) is 17.8 Å². The lowest BCUT2D eigenvalue weighted by Gasteiger charge is -2.06. The molecule has 17 heavy (non-hydrogen) atoms. The van der Waals surface area contributed by atoms with E-state index >= 15 is 0 Å². The number of hydrogen-bond donors (Lipinski definition) is 0. The fourth-order valence-corrected chi connectivity index (χ4v) is 1.85. The van der Waals surface area contributed by atoms with Crippen molar-refractivity contribution >= 4 is 6.08 Å². The third-order valence-corrected chi connectivity index (χ3v) is 2.79. The molecule has 2 heteroatoms. The maximum absolute atomic E-state index is 4.60. The van der Waals surface area contributed by atoms with E-state index < -0.39 is 0 Å². The Balaban J connectivity index is 2.37. The molecule has 2 rings (SSSR count). The monoisotopic (exact) mass is 226 g/mol. The van der Waals surface area contributed by atoms with E-state index in [1.165, 1.54) is 12.8 Å². The van der Waals surface area contributed by atoms with Crippen LogP contribution in [0.15, 0.2) is 43.1 Å². The molecular weight excluding hydrogens is 208 g/mol. The fraction of sp³-hybridized carbons (Fsp3) is 0.267. The minimum absolute atomic E-state index is 0.944. The maximum atomic E-state index is 4.60. The van der Waals surface area contributed by atoms with Gasteiger partial charge in [-0.3, -0.25) is 0 Å². The van der Waals surface area contributed by atoms with Gasteiger partial charge in [0.1, 0.15) is 5.82 Å². The number of imidazole rings is 1. The Morgan fingerprint density at radius 3 is 2.71 bits per heavy atom. The van der Waals surface area contributed by atoms with Gasteiger partial charge < -0.3 is 4.57 Å². The van der Waals surface area contributed by atoms with Crippen molar-refractivity contribution in [3.05, 3.63) is 48.8 Å². The van der Waals surface area contributed by atoms with E-state index in [4.69, 9.17) is 0 Å². The lowest BCUT2D eigenvalue weighted by molar-refractivity contribution is 0.637. The molecule has 0 amide bonds.